The number of ether oxygens (including phenoxy) is 1. The molecule has 172 valence electrons. The number of hydrogen-bond acceptors (Lipinski definition) is 4. The number of piperazine rings is 1. The van der Waals surface area contributed by atoms with E-state index in [0.717, 1.165) is 6.07 Å². The van der Waals surface area contributed by atoms with Crippen LogP contribution in [0.25, 0.3) is 0 Å². The number of carbonyl (C=O) groups excluding carboxylic acids is 2. The summed E-state index contributed by atoms with van der Waals surface area (Å²) in [5, 5.41) is 2.35. The summed E-state index contributed by atoms with van der Waals surface area (Å²) < 4.78 is 45.0. The minimum atomic E-state index is -4.55. The maximum absolute atomic E-state index is 13.1. The third-order valence-electron chi connectivity index (χ3n) is 5.01. The van der Waals surface area contributed by atoms with E-state index in [1.807, 2.05) is 24.8 Å². The molecule has 0 aliphatic carbocycles. The molecule has 0 saturated carbocycles. The van der Waals surface area contributed by atoms with Crippen molar-refractivity contribution in [3.63, 3.8) is 0 Å². The van der Waals surface area contributed by atoms with Gasteiger partial charge in [-0.1, -0.05) is 24.3 Å². The van der Waals surface area contributed by atoms with Gasteiger partial charge < -0.3 is 15.0 Å². The highest BCUT2D eigenvalue weighted by atomic mass is 19.4. The lowest BCUT2D eigenvalue weighted by molar-refractivity contribution is -0.137. The van der Waals surface area contributed by atoms with Crippen LogP contribution in [0.1, 0.15) is 29.8 Å². The van der Waals surface area contributed by atoms with Crippen molar-refractivity contribution < 1.29 is 27.5 Å². The van der Waals surface area contributed by atoms with Crippen molar-refractivity contribution in [2.24, 2.45) is 0 Å². The molecule has 2 aromatic rings. The van der Waals surface area contributed by atoms with E-state index < -0.39 is 17.6 Å². The predicted molar refractivity (Wildman–Crippen MR) is 115 cm³/mol. The molecule has 1 aliphatic rings. The zero-order valence-corrected chi connectivity index (χ0v) is 18.0. The summed E-state index contributed by atoms with van der Waals surface area (Å²) in [5.74, 6) is -0.153. The van der Waals surface area contributed by atoms with Crippen LogP contribution in [0.2, 0.25) is 0 Å². The molecule has 32 heavy (non-hydrogen) atoms. The Morgan fingerprint density at radius 1 is 1.00 bits per heavy atom. The Balaban J connectivity index is 1.56. The van der Waals surface area contributed by atoms with E-state index in [9.17, 15) is 22.8 Å². The average molecular weight is 449 g/mol. The molecule has 0 aromatic heterocycles. The molecule has 1 heterocycles. The second kappa shape index (κ2) is 10.0. The normalized spacial score (nSPS) is 15.0. The first-order valence-corrected chi connectivity index (χ1v) is 10.4. The molecule has 0 radical (unpaired) electrons. The third kappa shape index (κ3) is 6.00. The van der Waals surface area contributed by atoms with Gasteiger partial charge >= 0.3 is 6.18 Å². The number of amides is 2. The van der Waals surface area contributed by atoms with Gasteiger partial charge in [0.15, 0.2) is 0 Å². The van der Waals surface area contributed by atoms with E-state index in [1.165, 1.54) is 18.2 Å². The Labute approximate surface area is 184 Å². The fourth-order valence-electron chi connectivity index (χ4n) is 3.51. The van der Waals surface area contributed by atoms with Gasteiger partial charge in [0.05, 0.1) is 29.5 Å². The summed E-state index contributed by atoms with van der Waals surface area (Å²) in [5.41, 5.74) is -0.664. The Bertz CT molecular complexity index is 955. The molecule has 1 N–H and O–H groups in total. The van der Waals surface area contributed by atoms with E-state index >= 15 is 0 Å². The first kappa shape index (κ1) is 23.6. The van der Waals surface area contributed by atoms with Crippen LogP contribution in [-0.4, -0.2) is 60.4 Å². The van der Waals surface area contributed by atoms with Crippen molar-refractivity contribution in [3.05, 3.63) is 59.7 Å². The minimum Gasteiger partial charge on any atom is -0.490 e. The molecular formula is C23H26F3N3O3. The Morgan fingerprint density at radius 3 is 2.28 bits per heavy atom. The number of hydrogen-bond donors (Lipinski definition) is 1. The van der Waals surface area contributed by atoms with Crippen molar-refractivity contribution in [3.8, 4) is 5.75 Å². The predicted octanol–water partition coefficient (Wildman–Crippen LogP) is 3.89. The topological polar surface area (TPSA) is 61.9 Å². The van der Waals surface area contributed by atoms with Crippen LogP contribution < -0.4 is 10.1 Å². The van der Waals surface area contributed by atoms with Gasteiger partial charge in [-0.05, 0) is 38.1 Å². The van der Waals surface area contributed by atoms with Crippen molar-refractivity contribution >= 4 is 17.5 Å². The molecule has 0 spiro atoms. The van der Waals surface area contributed by atoms with E-state index in [-0.39, 0.29) is 24.2 Å². The monoisotopic (exact) mass is 449 g/mol. The fourth-order valence-corrected chi connectivity index (χ4v) is 3.51. The van der Waals surface area contributed by atoms with Crippen LogP contribution in [0.5, 0.6) is 5.75 Å². The molecule has 1 fully saturated rings. The van der Waals surface area contributed by atoms with Gasteiger partial charge in [0.2, 0.25) is 5.91 Å². The summed E-state index contributed by atoms with van der Waals surface area (Å²) >= 11 is 0. The minimum absolute atomic E-state index is 0.0543. The second-order valence-electron chi connectivity index (χ2n) is 7.82. The lowest BCUT2D eigenvalue weighted by Crippen LogP contribution is -2.50. The van der Waals surface area contributed by atoms with Crippen LogP contribution in [0.4, 0.5) is 18.9 Å². The maximum Gasteiger partial charge on any atom is 0.418 e. The summed E-state index contributed by atoms with van der Waals surface area (Å²) in [7, 11) is 0. The van der Waals surface area contributed by atoms with Crippen LogP contribution in [0.3, 0.4) is 0 Å². The highest BCUT2D eigenvalue weighted by molar-refractivity contribution is 5.97. The smallest absolute Gasteiger partial charge is 0.418 e. The lowest BCUT2D eigenvalue weighted by Gasteiger charge is -2.34. The summed E-state index contributed by atoms with van der Waals surface area (Å²) in [4.78, 5) is 28.8. The van der Waals surface area contributed by atoms with Crippen LogP contribution >= 0.6 is 0 Å². The molecule has 9 heteroatoms. The van der Waals surface area contributed by atoms with E-state index in [2.05, 4.69) is 5.32 Å². The molecule has 3 rings (SSSR count). The first-order chi connectivity index (χ1) is 15.1. The zero-order valence-electron chi connectivity index (χ0n) is 18.0. The fraction of sp³-hybridized carbons (Fsp3) is 0.391. The van der Waals surface area contributed by atoms with Crippen molar-refractivity contribution in [2.45, 2.75) is 26.1 Å². The van der Waals surface area contributed by atoms with Crippen LogP contribution in [-0.2, 0) is 11.0 Å². The number of nitrogens with zero attached hydrogens (tertiary/aromatic N) is 2. The van der Waals surface area contributed by atoms with E-state index in [0.29, 0.717) is 37.5 Å². The number of anilines is 1. The van der Waals surface area contributed by atoms with E-state index in [4.69, 9.17) is 4.74 Å². The number of alkyl halides is 3. The van der Waals surface area contributed by atoms with Gasteiger partial charge in [-0.2, -0.15) is 13.2 Å². The molecule has 1 saturated heterocycles. The molecule has 2 amide bonds. The van der Waals surface area contributed by atoms with Gasteiger partial charge in [0.1, 0.15) is 5.75 Å². The number of carbonyl (C=O) groups is 2. The maximum atomic E-state index is 13.1. The standard InChI is InChI=1S/C23H26F3N3O3/c1-16(2)32-20-10-6-3-7-17(20)22(31)29-13-11-28(12-14-29)15-21(30)27-19-9-5-4-8-18(19)23(24,25)26/h3-10,16H,11-15H2,1-2H3,(H,27,30). The first-order valence-electron chi connectivity index (χ1n) is 10.4. The molecule has 6 nitrogen and oxygen atoms in total. The second-order valence-corrected chi connectivity index (χ2v) is 7.82. The summed E-state index contributed by atoms with van der Waals surface area (Å²) in [6.45, 7) is 5.40. The van der Waals surface area contributed by atoms with Crippen molar-refractivity contribution in [2.75, 3.05) is 38.0 Å². The van der Waals surface area contributed by atoms with Crippen LogP contribution in [0, 0.1) is 0 Å². The number of nitrogens with one attached hydrogen (secondary N) is 1. The van der Waals surface area contributed by atoms with Crippen molar-refractivity contribution in [1.29, 1.82) is 0 Å². The number of halogens is 3. The molecule has 2 aromatic carbocycles. The van der Waals surface area contributed by atoms with E-state index in [1.54, 1.807) is 23.1 Å². The molecule has 1 aliphatic heterocycles. The number of para-hydroxylation sites is 2. The Morgan fingerprint density at radius 2 is 1.62 bits per heavy atom. The number of rotatable bonds is 6. The molecule has 0 unspecified atom stereocenters. The quantitative estimate of drug-likeness (QED) is 0.727. The van der Waals surface area contributed by atoms with Gasteiger partial charge in [-0.15, -0.1) is 0 Å². The third-order valence-corrected chi connectivity index (χ3v) is 5.01. The SMILES string of the molecule is CC(C)Oc1ccccc1C(=O)N1CCN(CC(=O)Nc2ccccc2C(F)(F)F)CC1. The number of benzene rings is 2. The Kier molecular flexibility index (Phi) is 7.40. The molecular weight excluding hydrogens is 423 g/mol. The van der Waals surface area contributed by atoms with Gasteiger partial charge in [0, 0.05) is 26.2 Å². The lowest BCUT2D eigenvalue weighted by atomic mass is 10.1. The largest absolute Gasteiger partial charge is 0.490 e. The average Bonchev–Trinajstić information content (AvgIpc) is 2.73. The Hall–Kier alpha value is -3.07. The van der Waals surface area contributed by atoms with Gasteiger partial charge in [0.25, 0.3) is 5.91 Å². The summed E-state index contributed by atoms with van der Waals surface area (Å²) in [6.07, 6.45) is -4.62. The van der Waals surface area contributed by atoms with Gasteiger partial charge in [-0.3, -0.25) is 14.5 Å². The highest BCUT2D eigenvalue weighted by Gasteiger charge is 2.33. The summed E-state index contributed by atoms with van der Waals surface area (Å²) in [6, 6.07) is 11.9. The van der Waals surface area contributed by atoms with Crippen molar-refractivity contribution in [1.82, 2.24) is 9.80 Å². The molecule has 0 atom stereocenters. The highest BCUT2D eigenvalue weighted by Crippen LogP contribution is 2.34. The van der Waals surface area contributed by atoms with Gasteiger partial charge in [-0.25, -0.2) is 0 Å². The zero-order chi connectivity index (χ0) is 23.3. The molecule has 0 bridgehead atoms. The van der Waals surface area contributed by atoms with Crippen LogP contribution in [0.15, 0.2) is 48.5 Å².